The van der Waals surface area contributed by atoms with Gasteiger partial charge in [-0.25, -0.2) is 0 Å². The van der Waals surface area contributed by atoms with E-state index in [2.05, 4.69) is 26.1 Å². The summed E-state index contributed by atoms with van der Waals surface area (Å²) >= 11 is 9.35. The van der Waals surface area contributed by atoms with Gasteiger partial charge < -0.3 is 14.2 Å². The van der Waals surface area contributed by atoms with E-state index in [0.29, 0.717) is 35.5 Å². The molecule has 2 aromatic carbocycles. The molecule has 0 unspecified atom stereocenters. The van der Waals surface area contributed by atoms with Gasteiger partial charge in [0.05, 0.1) is 0 Å². The average molecular weight is 519 g/mol. The van der Waals surface area contributed by atoms with Crippen LogP contribution in [0.25, 0.3) is 11.4 Å². The number of aromatic nitrogens is 2. The number of nitrogens with zero attached hydrogens (tertiary/aromatic N) is 3. The molecule has 0 aliphatic heterocycles. The van der Waals surface area contributed by atoms with Crippen molar-refractivity contribution >= 4 is 33.4 Å². The number of ether oxygens (including phenoxy) is 1. The minimum Gasteiger partial charge on any atom is -0.484 e. The van der Waals surface area contributed by atoms with Crippen LogP contribution in [-0.2, 0) is 11.2 Å². The molecule has 32 heavy (non-hydrogen) atoms. The zero-order chi connectivity index (χ0) is 22.3. The molecule has 1 amide bonds. The summed E-state index contributed by atoms with van der Waals surface area (Å²) in [4.78, 5) is 19.5. The summed E-state index contributed by atoms with van der Waals surface area (Å²) in [5.41, 5.74) is 0.889. The van der Waals surface area contributed by atoms with Gasteiger partial charge in [0.25, 0.3) is 5.91 Å². The number of amides is 1. The molecule has 4 rings (SSSR count). The summed E-state index contributed by atoms with van der Waals surface area (Å²) in [7, 11) is 0. The predicted octanol–water partition coefficient (Wildman–Crippen LogP) is 5.94. The highest BCUT2D eigenvalue weighted by Crippen LogP contribution is 2.24. The number of benzene rings is 2. The summed E-state index contributed by atoms with van der Waals surface area (Å²) in [6.07, 6.45) is 6.04. The van der Waals surface area contributed by atoms with Gasteiger partial charge >= 0.3 is 0 Å². The highest BCUT2D eigenvalue weighted by molar-refractivity contribution is 9.10. The van der Waals surface area contributed by atoms with Crippen molar-refractivity contribution in [2.24, 2.45) is 0 Å². The van der Waals surface area contributed by atoms with Crippen molar-refractivity contribution in [2.75, 3.05) is 13.2 Å². The molecule has 1 aliphatic rings. The number of rotatable bonds is 8. The summed E-state index contributed by atoms with van der Waals surface area (Å²) < 4.78 is 12.2. The minimum atomic E-state index is -0.0282. The van der Waals surface area contributed by atoms with Gasteiger partial charge in [-0.15, -0.1) is 0 Å². The lowest BCUT2D eigenvalue weighted by atomic mass is 9.94. The Morgan fingerprint density at radius 3 is 2.53 bits per heavy atom. The first kappa shape index (κ1) is 22.8. The van der Waals surface area contributed by atoms with Gasteiger partial charge in [-0.1, -0.05) is 52.0 Å². The Hall–Kier alpha value is -2.38. The van der Waals surface area contributed by atoms with E-state index in [9.17, 15) is 4.79 Å². The fourth-order valence-electron chi connectivity index (χ4n) is 3.95. The van der Waals surface area contributed by atoms with Crippen LogP contribution in [-0.4, -0.2) is 40.1 Å². The molecule has 6 nitrogen and oxygen atoms in total. The third kappa shape index (κ3) is 6.11. The quantitative estimate of drug-likeness (QED) is 0.369. The fourth-order valence-corrected chi connectivity index (χ4v) is 4.34. The van der Waals surface area contributed by atoms with Gasteiger partial charge in [0, 0.05) is 34.1 Å². The van der Waals surface area contributed by atoms with E-state index in [0.717, 1.165) is 35.7 Å². The highest BCUT2D eigenvalue weighted by atomic mass is 79.9. The van der Waals surface area contributed by atoms with Crippen LogP contribution in [0.15, 0.2) is 57.5 Å². The number of hydrogen-bond donors (Lipinski definition) is 0. The molecule has 0 radical (unpaired) electrons. The van der Waals surface area contributed by atoms with E-state index in [-0.39, 0.29) is 18.6 Å². The summed E-state index contributed by atoms with van der Waals surface area (Å²) in [5, 5.41) is 4.73. The SMILES string of the molecule is O=C(COc1ccc(Cl)cc1)N(CCc1nc(-c2ccc(Br)cc2)no1)C1CCCCC1. The summed E-state index contributed by atoms with van der Waals surface area (Å²) in [6.45, 7) is 0.515. The molecule has 0 bridgehead atoms. The molecule has 0 atom stereocenters. The molecule has 0 saturated heterocycles. The molecular weight excluding hydrogens is 494 g/mol. The smallest absolute Gasteiger partial charge is 0.260 e. The van der Waals surface area contributed by atoms with Crippen LogP contribution in [0.2, 0.25) is 5.02 Å². The monoisotopic (exact) mass is 517 g/mol. The largest absolute Gasteiger partial charge is 0.484 e. The Kier molecular flexibility index (Phi) is 7.81. The van der Waals surface area contributed by atoms with Crippen molar-refractivity contribution in [3.8, 4) is 17.1 Å². The first-order valence-corrected chi connectivity index (χ1v) is 12.0. The third-order valence-electron chi connectivity index (χ3n) is 5.65. The standard InChI is InChI=1S/C24H25BrClN3O3/c25-18-8-6-17(7-9-18)24-27-22(32-28-24)14-15-29(20-4-2-1-3-5-20)23(30)16-31-21-12-10-19(26)11-13-21/h6-13,20H,1-5,14-16H2. The highest BCUT2D eigenvalue weighted by Gasteiger charge is 2.26. The molecule has 1 aliphatic carbocycles. The van der Waals surface area contributed by atoms with Gasteiger partial charge in [-0.3, -0.25) is 4.79 Å². The van der Waals surface area contributed by atoms with Gasteiger partial charge in [0.15, 0.2) is 6.61 Å². The molecule has 168 valence electrons. The maximum atomic E-state index is 13.1. The Bertz CT molecular complexity index is 1020. The molecule has 0 spiro atoms. The van der Waals surface area contributed by atoms with Crippen LogP contribution >= 0.6 is 27.5 Å². The van der Waals surface area contributed by atoms with Crippen LogP contribution in [0.3, 0.4) is 0 Å². The van der Waals surface area contributed by atoms with Crippen molar-refractivity contribution in [1.29, 1.82) is 0 Å². The van der Waals surface area contributed by atoms with Crippen LogP contribution in [0.4, 0.5) is 0 Å². The normalized spacial score (nSPS) is 14.3. The van der Waals surface area contributed by atoms with Crippen LogP contribution in [0.5, 0.6) is 5.75 Å². The lowest BCUT2D eigenvalue weighted by Crippen LogP contribution is -2.44. The number of carbonyl (C=O) groups excluding carboxylic acids is 1. The van der Waals surface area contributed by atoms with E-state index >= 15 is 0 Å². The van der Waals surface area contributed by atoms with Gasteiger partial charge in [-0.05, 0) is 61.4 Å². The first-order valence-electron chi connectivity index (χ1n) is 10.8. The molecule has 8 heteroatoms. The van der Waals surface area contributed by atoms with E-state index in [1.54, 1.807) is 24.3 Å². The third-order valence-corrected chi connectivity index (χ3v) is 6.43. The van der Waals surface area contributed by atoms with E-state index in [4.69, 9.17) is 20.9 Å². The number of carbonyl (C=O) groups is 1. The van der Waals surface area contributed by atoms with Gasteiger partial charge in [0.2, 0.25) is 11.7 Å². The molecule has 1 aromatic heterocycles. The minimum absolute atomic E-state index is 0.00783. The lowest BCUT2D eigenvalue weighted by Gasteiger charge is -2.34. The van der Waals surface area contributed by atoms with Crippen molar-refractivity contribution < 1.29 is 14.1 Å². The summed E-state index contributed by atoms with van der Waals surface area (Å²) in [5.74, 6) is 1.67. The van der Waals surface area contributed by atoms with E-state index < -0.39 is 0 Å². The fraction of sp³-hybridized carbons (Fsp3) is 0.375. The van der Waals surface area contributed by atoms with Crippen molar-refractivity contribution in [3.05, 3.63) is 63.9 Å². The zero-order valence-corrected chi connectivity index (χ0v) is 20.0. The number of hydrogen-bond acceptors (Lipinski definition) is 5. The topological polar surface area (TPSA) is 68.5 Å². The first-order chi connectivity index (χ1) is 15.6. The molecule has 1 fully saturated rings. The predicted molar refractivity (Wildman–Crippen MR) is 127 cm³/mol. The Morgan fingerprint density at radius 2 is 1.81 bits per heavy atom. The lowest BCUT2D eigenvalue weighted by molar-refractivity contribution is -0.136. The average Bonchev–Trinajstić information content (AvgIpc) is 3.29. The van der Waals surface area contributed by atoms with E-state index in [1.807, 2.05) is 29.2 Å². The van der Waals surface area contributed by atoms with E-state index in [1.165, 1.54) is 6.42 Å². The Balaban J connectivity index is 1.39. The van der Waals surface area contributed by atoms with Crippen LogP contribution < -0.4 is 4.74 Å². The summed E-state index contributed by atoms with van der Waals surface area (Å²) in [6, 6.07) is 15.0. The van der Waals surface area contributed by atoms with Crippen molar-refractivity contribution in [1.82, 2.24) is 15.0 Å². The second-order valence-electron chi connectivity index (χ2n) is 7.89. The second kappa shape index (κ2) is 11.0. The molecule has 1 saturated carbocycles. The second-order valence-corrected chi connectivity index (χ2v) is 9.24. The molecule has 3 aromatic rings. The van der Waals surface area contributed by atoms with Gasteiger partial charge in [-0.2, -0.15) is 4.98 Å². The van der Waals surface area contributed by atoms with Crippen LogP contribution in [0.1, 0.15) is 38.0 Å². The molecule has 1 heterocycles. The Morgan fingerprint density at radius 1 is 1.09 bits per heavy atom. The number of halogens is 2. The zero-order valence-electron chi connectivity index (χ0n) is 17.7. The van der Waals surface area contributed by atoms with Crippen LogP contribution in [0, 0.1) is 0 Å². The maximum absolute atomic E-state index is 13.1. The van der Waals surface area contributed by atoms with Crippen molar-refractivity contribution in [2.45, 2.75) is 44.6 Å². The Labute approximate surface area is 201 Å². The molecule has 0 N–H and O–H groups in total. The molecular formula is C24H25BrClN3O3. The van der Waals surface area contributed by atoms with Crippen molar-refractivity contribution in [3.63, 3.8) is 0 Å². The maximum Gasteiger partial charge on any atom is 0.260 e. The van der Waals surface area contributed by atoms with Gasteiger partial charge in [0.1, 0.15) is 5.75 Å².